The summed E-state index contributed by atoms with van der Waals surface area (Å²) in [4.78, 5) is 0. The summed E-state index contributed by atoms with van der Waals surface area (Å²) in [5.41, 5.74) is 1.24. The van der Waals surface area contributed by atoms with Gasteiger partial charge in [-0.2, -0.15) is 5.10 Å². The maximum Gasteiger partial charge on any atom is 0.0624 e. The van der Waals surface area contributed by atoms with Crippen LogP contribution in [0.3, 0.4) is 0 Å². The van der Waals surface area contributed by atoms with E-state index in [9.17, 15) is 0 Å². The smallest absolute Gasteiger partial charge is 0.0624 e. The second-order valence-electron chi connectivity index (χ2n) is 5.48. The van der Waals surface area contributed by atoms with Crippen molar-refractivity contribution in [2.45, 2.75) is 76.1 Å². The second kappa shape index (κ2) is 7.18. The van der Waals surface area contributed by atoms with Crippen LogP contribution in [-0.2, 0) is 6.42 Å². The van der Waals surface area contributed by atoms with Crippen molar-refractivity contribution in [1.29, 1.82) is 0 Å². The maximum atomic E-state index is 6.13. The fraction of sp³-hybridized carbons (Fsp3) is 0.800. The molecule has 1 aliphatic rings. The van der Waals surface area contributed by atoms with E-state index >= 15 is 0 Å². The minimum atomic E-state index is 0.338. The van der Waals surface area contributed by atoms with Gasteiger partial charge in [-0.25, -0.2) is 0 Å². The van der Waals surface area contributed by atoms with Gasteiger partial charge in [0.15, 0.2) is 0 Å². The fourth-order valence-corrected chi connectivity index (χ4v) is 2.92. The zero-order chi connectivity index (χ0) is 12.8. The largest absolute Gasteiger partial charge is 0.269 e. The highest BCUT2D eigenvalue weighted by Gasteiger charge is 2.15. The normalized spacial score (nSPS) is 19.0. The Bertz CT molecular complexity index is 342. The highest BCUT2D eigenvalue weighted by atomic mass is 35.5. The van der Waals surface area contributed by atoms with Crippen molar-refractivity contribution in [1.82, 2.24) is 9.78 Å². The third kappa shape index (κ3) is 4.01. The first-order chi connectivity index (χ1) is 8.79. The lowest BCUT2D eigenvalue weighted by molar-refractivity contribution is 0.328. The van der Waals surface area contributed by atoms with Crippen LogP contribution >= 0.6 is 11.6 Å². The van der Waals surface area contributed by atoms with E-state index in [1.54, 1.807) is 0 Å². The van der Waals surface area contributed by atoms with E-state index < -0.39 is 0 Å². The molecule has 1 aromatic heterocycles. The minimum absolute atomic E-state index is 0.338. The molecule has 0 spiro atoms. The summed E-state index contributed by atoms with van der Waals surface area (Å²) in [6, 6.07) is 2.84. The maximum absolute atomic E-state index is 6.13. The van der Waals surface area contributed by atoms with Gasteiger partial charge in [0.2, 0.25) is 0 Å². The molecular formula is C15H25ClN2. The molecule has 2 nitrogen and oxygen atoms in total. The Hall–Kier alpha value is -0.500. The standard InChI is InChI=1S/C15H25ClN2/c1-2-13(16)7-6-8-14-11-12-18(17-14)15-9-4-3-5-10-15/h11-13,15H,2-10H2,1H3. The molecule has 0 amide bonds. The number of rotatable bonds is 6. The van der Waals surface area contributed by atoms with Crippen molar-refractivity contribution in [3.63, 3.8) is 0 Å². The van der Waals surface area contributed by atoms with E-state index in [1.807, 2.05) is 0 Å². The molecule has 2 rings (SSSR count). The summed E-state index contributed by atoms with van der Waals surface area (Å²) < 4.78 is 2.20. The quantitative estimate of drug-likeness (QED) is 0.682. The van der Waals surface area contributed by atoms with Gasteiger partial charge < -0.3 is 0 Å². The van der Waals surface area contributed by atoms with Gasteiger partial charge in [-0.05, 0) is 44.6 Å². The van der Waals surface area contributed by atoms with Crippen molar-refractivity contribution in [2.24, 2.45) is 0 Å². The van der Waals surface area contributed by atoms with E-state index in [2.05, 4.69) is 23.9 Å². The van der Waals surface area contributed by atoms with Gasteiger partial charge in [0, 0.05) is 11.6 Å². The summed E-state index contributed by atoms with van der Waals surface area (Å²) in [5, 5.41) is 5.07. The molecule has 1 heterocycles. The molecule has 1 saturated carbocycles. The lowest BCUT2D eigenvalue weighted by Gasteiger charge is -2.21. The van der Waals surface area contributed by atoms with E-state index in [0.29, 0.717) is 11.4 Å². The summed E-state index contributed by atoms with van der Waals surface area (Å²) >= 11 is 6.13. The van der Waals surface area contributed by atoms with Crippen LogP contribution in [0.4, 0.5) is 0 Å². The Morgan fingerprint density at radius 2 is 2.17 bits per heavy atom. The molecule has 0 bridgehead atoms. The Morgan fingerprint density at radius 1 is 1.39 bits per heavy atom. The fourth-order valence-electron chi connectivity index (χ4n) is 2.77. The molecule has 0 aromatic carbocycles. The van der Waals surface area contributed by atoms with Crippen LogP contribution in [0.1, 0.15) is 70.0 Å². The Morgan fingerprint density at radius 3 is 2.89 bits per heavy atom. The lowest BCUT2D eigenvalue weighted by Crippen LogP contribution is -2.13. The monoisotopic (exact) mass is 268 g/mol. The van der Waals surface area contributed by atoms with Gasteiger partial charge in [-0.3, -0.25) is 4.68 Å². The van der Waals surface area contributed by atoms with Gasteiger partial charge in [0.1, 0.15) is 0 Å². The molecule has 0 radical (unpaired) electrons. The number of hydrogen-bond donors (Lipinski definition) is 0. The van der Waals surface area contributed by atoms with Crippen molar-refractivity contribution in [3.05, 3.63) is 18.0 Å². The van der Waals surface area contributed by atoms with Gasteiger partial charge in [-0.15, -0.1) is 11.6 Å². The zero-order valence-corrected chi connectivity index (χ0v) is 12.2. The predicted octanol–water partition coefficient (Wildman–Crippen LogP) is 4.73. The average molecular weight is 269 g/mol. The summed E-state index contributed by atoms with van der Waals surface area (Å²) in [7, 11) is 0. The first-order valence-electron chi connectivity index (χ1n) is 7.47. The third-order valence-corrected chi connectivity index (χ3v) is 4.53. The Balaban J connectivity index is 1.78. The molecule has 1 atom stereocenters. The molecule has 102 valence electrons. The van der Waals surface area contributed by atoms with Crippen molar-refractivity contribution in [3.8, 4) is 0 Å². The van der Waals surface area contributed by atoms with Gasteiger partial charge in [0.25, 0.3) is 0 Å². The van der Waals surface area contributed by atoms with Crippen molar-refractivity contribution >= 4 is 11.6 Å². The minimum Gasteiger partial charge on any atom is -0.269 e. The van der Waals surface area contributed by atoms with Crippen LogP contribution in [0.25, 0.3) is 0 Å². The number of halogens is 1. The van der Waals surface area contributed by atoms with Crippen LogP contribution in [0, 0.1) is 0 Å². The van der Waals surface area contributed by atoms with Crippen LogP contribution < -0.4 is 0 Å². The first kappa shape index (κ1) is 13.9. The number of alkyl halides is 1. The molecule has 1 aromatic rings. The number of aromatic nitrogens is 2. The number of hydrogen-bond acceptors (Lipinski definition) is 1. The lowest BCUT2D eigenvalue weighted by atomic mass is 9.96. The van der Waals surface area contributed by atoms with E-state index in [4.69, 9.17) is 16.7 Å². The molecule has 1 unspecified atom stereocenters. The average Bonchev–Trinajstić information content (AvgIpc) is 2.88. The molecule has 18 heavy (non-hydrogen) atoms. The molecule has 0 aliphatic heterocycles. The van der Waals surface area contributed by atoms with Crippen LogP contribution in [0.2, 0.25) is 0 Å². The van der Waals surface area contributed by atoms with Crippen LogP contribution in [0.5, 0.6) is 0 Å². The highest BCUT2D eigenvalue weighted by Crippen LogP contribution is 2.27. The van der Waals surface area contributed by atoms with Crippen molar-refractivity contribution < 1.29 is 0 Å². The number of aryl methyl sites for hydroxylation is 1. The molecule has 1 aliphatic carbocycles. The van der Waals surface area contributed by atoms with Gasteiger partial charge >= 0.3 is 0 Å². The third-order valence-electron chi connectivity index (χ3n) is 4.01. The Labute approximate surface area is 116 Å². The van der Waals surface area contributed by atoms with Crippen LogP contribution in [0.15, 0.2) is 12.3 Å². The SMILES string of the molecule is CCC(Cl)CCCc1ccn(C2CCCCC2)n1. The molecule has 0 N–H and O–H groups in total. The summed E-state index contributed by atoms with van der Waals surface area (Å²) in [6.45, 7) is 2.15. The Kier molecular flexibility index (Phi) is 5.55. The van der Waals surface area contributed by atoms with Crippen molar-refractivity contribution in [2.75, 3.05) is 0 Å². The summed E-state index contributed by atoms with van der Waals surface area (Å²) in [5.74, 6) is 0. The van der Waals surface area contributed by atoms with E-state index in [-0.39, 0.29) is 0 Å². The zero-order valence-electron chi connectivity index (χ0n) is 11.4. The topological polar surface area (TPSA) is 17.8 Å². The molecule has 3 heteroatoms. The molecule has 1 fully saturated rings. The predicted molar refractivity (Wildman–Crippen MR) is 77.2 cm³/mol. The summed E-state index contributed by atoms with van der Waals surface area (Å²) in [6.07, 6.45) is 13.3. The van der Waals surface area contributed by atoms with E-state index in [0.717, 1.165) is 25.7 Å². The van der Waals surface area contributed by atoms with E-state index in [1.165, 1.54) is 37.8 Å². The van der Waals surface area contributed by atoms with Gasteiger partial charge in [-0.1, -0.05) is 26.2 Å². The second-order valence-corrected chi connectivity index (χ2v) is 6.09. The highest BCUT2D eigenvalue weighted by molar-refractivity contribution is 6.20. The van der Waals surface area contributed by atoms with Gasteiger partial charge in [0.05, 0.1) is 11.7 Å². The number of nitrogens with zero attached hydrogens (tertiary/aromatic N) is 2. The molecule has 0 saturated heterocycles. The molecular weight excluding hydrogens is 244 g/mol. The first-order valence-corrected chi connectivity index (χ1v) is 7.91. The van der Waals surface area contributed by atoms with Crippen LogP contribution in [-0.4, -0.2) is 15.2 Å².